The van der Waals surface area contributed by atoms with Gasteiger partial charge in [-0.1, -0.05) is 351 Å². The van der Waals surface area contributed by atoms with Crippen molar-refractivity contribution < 1.29 is 4.42 Å². The zero-order valence-corrected chi connectivity index (χ0v) is 68.9. The molecule has 8 heterocycles. The third kappa shape index (κ3) is 10.6. The molecule has 0 radical (unpaired) electrons. The van der Waals surface area contributed by atoms with Gasteiger partial charge >= 0.3 is 0 Å². The fourth-order valence-corrected chi connectivity index (χ4v) is 24.1. The molecule has 10 heteroatoms. The van der Waals surface area contributed by atoms with Crippen molar-refractivity contribution >= 4 is 120 Å². The van der Waals surface area contributed by atoms with Crippen LogP contribution in [0.1, 0.15) is 44.5 Å². The third-order valence-electron chi connectivity index (χ3n) is 25.9. The standard InChI is InChI=1S/C60H35N3OS.C54H31N3S2/c1-3-16-36(17-4-1)57-46-34-56-50(60(49-27-12-14-29-55(49)65-56)47-25-10-7-20-39(47)40-21-8-11-26-48(40)60)33-45(46)41-31-30-38(32-52(41)61-57)51-35-53(63-59(62-51)37-18-5-2-6-19-37)44-24-15-23-43-42-22-9-13-28-54(42)64-58(43)44;1-3-15-32(16-4-1)49-40-31-48-44(54(43-24-12-14-26-47(43)58-48)41-22-10-7-19-35(41)36-20-8-11-23-42(36)54)30-39(40)37-28-27-34(29-45(37)55-49)50-52-51(38-21-9-13-25-46(38)59-52)57-53(56-50)33-17-5-2-6-18-33/h1-35H;1-31H. The summed E-state index contributed by atoms with van der Waals surface area (Å²) >= 11 is 5.50. The summed E-state index contributed by atoms with van der Waals surface area (Å²) in [5, 5.41) is 10.2. The Kier molecular flexibility index (Phi) is 15.8. The molecule has 124 heavy (non-hydrogen) atoms. The molecule has 17 aromatic carbocycles. The average molecular weight is 1630 g/mol. The quantitative estimate of drug-likeness (QED) is 0.145. The molecule has 27 rings (SSSR count). The van der Waals surface area contributed by atoms with Gasteiger partial charge in [0, 0.05) is 101 Å². The smallest absolute Gasteiger partial charge is 0.160 e. The van der Waals surface area contributed by atoms with Gasteiger partial charge in [-0.3, -0.25) is 0 Å². The first kappa shape index (κ1) is 70.8. The minimum absolute atomic E-state index is 0.470. The van der Waals surface area contributed by atoms with Crippen molar-refractivity contribution in [3.63, 3.8) is 0 Å². The fourth-order valence-electron chi connectivity index (χ4n) is 20.5. The van der Waals surface area contributed by atoms with Crippen LogP contribution in [0.4, 0.5) is 0 Å². The minimum atomic E-state index is -0.491. The van der Waals surface area contributed by atoms with Crippen molar-refractivity contribution in [1.29, 1.82) is 0 Å². The Labute approximate surface area is 725 Å². The largest absolute Gasteiger partial charge is 0.455 e. The van der Waals surface area contributed by atoms with Crippen LogP contribution in [0, 0.1) is 0 Å². The summed E-state index contributed by atoms with van der Waals surface area (Å²) in [7, 11) is 0. The Hall–Kier alpha value is -15.0. The van der Waals surface area contributed by atoms with Gasteiger partial charge in [-0.15, -0.1) is 11.3 Å². The van der Waals surface area contributed by atoms with Crippen LogP contribution in [0.3, 0.4) is 0 Å². The Morgan fingerprint density at radius 3 is 1.19 bits per heavy atom. The SMILES string of the molecule is c1ccc(-c2nc(-c3ccc4c(c3)nc(-c3ccccc3)c3cc5c(cc34)C3(c4ccccc4S5)c4ccccc4-c4ccccc43)c3sc4ccccc4c3n2)cc1.c1ccc(-c2nc(-c3ccc4c(c3)nc(-c3ccccc3)c3cc5c(cc34)C3(c4ccccc4S5)c4ccccc4-c4ccccc43)cc(-c3cccc4c3oc3ccccc34)n2)cc1. The maximum Gasteiger partial charge on any atom is 0.160 e. The second-order valence-electron chi connectivity index (χ2n) is 32.4. The number of para-hydroxylation sites is 2. The molecule has 0 unspecified atom stereocenters. The third-order valence-corrected chi connectivity index (χ3v) is 29.3. The molecular weight excluding hydrogens is 1570 g/mol. The van der Waals surface area contributed by atoms with E-state index in [4.69, 9.17) is 34.3 Å². The van der Waals surface area contributed by atoms with E-state index in [2.05, 4.69) is 352 Å². The molecule has 2 aliphatic carbocycles. The summed E-state index contributed by atoms with van der Waals surface area (Å²) in [4.78, 5) is 37.2. The van der Waals surface area contributed by atoms with Crippen molar-refractivity contribution in [2.75, 3.05) is 0 Å². The molecule has 0 saturated carbocycles. The zero-order chi connectivity index (χ0) is 81.3. The van der Waals surface area contributed by atoms with Gasteiger partial charge in [0.2, 0.25) is 0 Å². The van der Waals surface area contributed by atoms with E-state index in [-0.39, 0.29) is 0 Å². The molecule has 23 aromatic rings. The fraction of sp³-hybridized carbons (Fsp3) is 0.0175. The summed E-state index contributed by atoms with van der Waals surface area (Å²) in [6, 6.07) is 144. The Morgan fingerprint density at radius 1 is 0.226 bits per heavy atom. The maximum absolute atomic E-state index is 6.54. The molecule has 0 bridgehead atoms. The number of hydrogen-bond acceptors (Lipinski definition) is 10. The van der Waals surface area contributed by atoms with Crippen LogP contribution in [-0.4, -0.2) is 29.9 Å². The monoisotopic (exact) mass is 1630 g/mol. The highest BCUT2D eigenvalue weighted by atomic mass is 32.2. The van der Waals surface area contributed by atoms with Gasteiger partial charge in [0.05, 0.1) is 60.5 Å². The molecule has 7 nitrogen and oxygen atoms in total. The highest BCUT2D eigenvalue weighted by Crippen LogP contribution is 2.65. The van der Waals surface area contributed by atoms with Crippen LogP contribution < -0.4 is 0 Å². The van der Waals surface area contributed by atoms with Gasteiger partial charge in [-0.25, -0.2) is 29.9 Å². The van der Waals surface area contributed by atoms with E-state index < -0.39 is 10.8 Å². The molecule has 576 valence electrons. The van der Waals surface area contributed by atoms with E-state index in [9.17, 15) is 0 Å². The average Bonchev–Trinajstić information content (AvgIpc) is 1.48. The predicted octanol–water partition coefficient (Wildman–Crippen LogP) is 29.9. The Morgan fingerprint density at radius 2 is 0.645 bits per heavy atom. The van der Waals surface area contributed by atoms with E-state index >= 15 is 0 Å². The number of nitrogens with zero attached hydrogens (tertiary/aromatic N) is 6. The first-order valence-electron chi connectivity index (χ1n) is 41.9. The van der Waals surface area contributed by atoms with E-state index in [0.29, 0.717) is 5.82 Å². The van der Waals surface area contributed by atoms with Gasteiger partial charge in [0.1, 0.15) is 11.2 Å². The number of pyridine rings is 2. The number of benzene rings is 17. The van der Waals surface area contributed by atoms with E-state index in [1.165, 1.54) is 102 Å². The summed E-state index contributed by atoms with van der Waals surface area (Å²) in [6.45, 7) is 0. The molecule has 4 aliphatic rings. The predicted molar refractivity (Wildman–Crippen MR) is 511 cm³/mol. The second-order valence-corrected chi connectivity index (χ2v) is 35.6. The van der Waals surface area contributed by atoms with Gasteiger partial charge < -0.3 is 4.42 Å². The molecule has 0 N–H and O–H groups in total. The Bertz CT molecular complexity index is 8370. The highest BCUT2D eigenvalue weighted by molar-refractivity contribution is 7.99. The van der Waals surface area contributed by atoms with Gasteiger partial charge in [0.15, 0.2) is 11.6 Å². The van der Waals surface area contributed by atoms with Crippen molar-refractivity contribution in [3.8, 4) is 101 Å². The maximum atomic E-state index is 6.54. The first-order valence-corrected chi connectivity index (χ1v) is 44.4. The van der Waals surface area contributed by atoms with Crippen LogP contribution in [0.2, 0.25) is 0 Å². The number of rotatable bonds is 7. The first-order chi connectivity index (χ1) is 61.4. The molecule has 0 saturated heterocycles. The van der Waals surface area contributed by atoms with Crippen LogP contribution in [-0.2, 0) is 10.8 Å². The molecule has 0 atom stereocenters. The number of furan rings is 1. The summed E-state index contributed by atoms with van der Waals surface area (Å²) in [6.07, 6.45) is 0. The van der Waals surface area contributed by atoms with Crippen molar-refractivity contribution in [1.82, 2.24) is 29.9 Å². The van der Waals surface area contributed by atoms with E-state index in [0.717, 1.165) is 143 Å². The van der Waals surface area contributed by atoms with Gasteiger partial charge in [0.25, 0.3) is 0 Å². The van der Waals surface area contributed by atoms with Crippen LogP contribution >= 0.6 is 34.9 Å². The van der Waals surface area contributed by atoms with Gasteiger partial charge in [-0.05, 0) is 150 Å². The molecule has 2 spiro atoms. The van der Waals surface area contributed by atoms with Crippen LogP contribution in [0.5, 0.6) is 0 Å². The number of fused-ring (bicyclic) bond motifs is 30. The number of aromatic nitrogens is 6. The molecular formula is C114H66N6OS3. The second kappa shape index (κ2) is 27.8. The van der Waals surface area contributed by atoms with Crippen molar-refractivity contribution in [2.24, 2.45) is 0 Å². The lowest BCUT2D eigenvalue weighted by Gasteiger charge is -2.40. The lowest BCUT2D eigenvalue weighted by molar-refractivity contribution is 0.670. The number of hydrogen-bond donors (Lipinski definition) is 0. The summed E-state index contributed by atoms with van der Waals surface area (Å²) < 4.78 is 8.83. The Balaban J connectivity index is 0.000000133. The van der Waals surface area contributed by atoms with Crippen molar-refractivity contribution in [3.05, 3.63) is 445 Å². The summed E-state index contributed by atoms with van der Waals surface area (Å²) in [5.74, 6) is 1.37. The molecule has 2 aliphatic heterocycles. The van der Waals surface area contributed by atoms with E-state index in [1.807, 2.05) is 72.1 Å². The van der Waals surface area contributed by atoms with Crippen molar-refractivity contribution in [2.45, 2.75) is 30.4 Å². The summed E-state index contributed by atoms with van der Waals surface area (Å²) in [5.41, 5.74) is 30.8. The molecule has 6 aromatic heterocycles. The molecule has 0 fully saturated rings. The lowest BCUT2D eigenvalue weighted by Crippen LogP contribution is -2.32. The normalized spacial score (nSPS) is 13.4. The minimum Gasteiger partial charge on any atom is -0.455 e. The number of thiophene rings is 1. The van der Waals surface area contributed by atoms with Crippen LogP contribution in [0.25, 0.3) is 187 Å². The van der Waals surface area contributed by atoms with Crippen LogP contribution in [0.15, 0.2) is 424 Å². The van der Waals surface area contributed by atoms with E-state index in [1.54, 1.807) is 11.3 Å². The zero-order valence-electron chi connectivity index (χ0n) is 66.4. The topological polar surface area (TPSA) is 90.5 Å². The van der Waals surface area contributed by atoms with Gasteiger partial charge in [-0.2, -0.15) is 0 Å². The lowest BCUT2D eigenvalue weighted by atomic mass is 9.67. The highest BCUT2D eigenvalue weighted by Gasteiger charge is 2.52. The molecule has 0 amide bonds.